The smallest absolute Gasteiger partial charge is 0.328 e. The van der Waals surface area contributed by atoms with Crippen LogP contribution in [0.25, 0.3) is 0 Å². The number of hydrogen-bond acceptors (Lipinski definition) is 4. The molecular formula is C14H20FNO2S. The number of thioether (sulfide) groups is 1. The molecule has 1 aromatic carbocycles. The molecule has 1 aromatic rings. The minimum atomic E-state index is -0.422. The Morgan fingerprint density at radius 2 is 2.32 bits per heavy atom. The fraction of sp³-hybridized carbons (Fsp3) is 0.500. The van der Waals surface area contributed by atoms with E-state index in [4.69, 9.17) is 4.74 Å². The molecule has 0 aliphatic carbocycles. The van der Waals surface area contributed by atoms with Crippen LogP contribution < -0.4 is 5.32 Å². The molecule has 1 N–H and O–H groups in total. The SMILES string of the molecule is CCOC(=O)C(CCCSC)Nc1cccc(F)c1. The highest BCUT2D eigenvalue weighted by Gasteiger charge is 2.19. The summed E-state index contributed by atoms with van der Waals surface area (Å²) in [5, 5.41) is 3.04. The molecule has 1 atom stereocenters. The Morgan fingerprint density at radius 3 is 2.95 bits per heavy atom. The Hall–Kier alpha value is -1.23. The van der Waals surface area contributed by atoms with E-state index in [1.165, 1.54) is 12.1 Å². The van der Waals surface area contributed by atoms with E-state index in [2.05, 4.69) is 5.32 Å². The van der Waals surface area contributed by atoms with Crippen LogP contribution in [0.15, 0.2) is 24.3 Å². The molecule has 3 nitrogen and oxygen atoms in total. The molecule has 0 bridgehead atoms. The molecule has 106 valence electrons. The summed E-state index contributed by atoms with van der Waals surface area (Å²) in [7, 11) is 0. The molecular weight excluding hydrogens is 265 g/mol. The first kappa shape index (κ1) is 15.8. The van der Waals surface area contributed by atoms with Gasteiger partial charge in [-0.3, -0.25) is 0 Å². The number of esters is 1. The van der Waals surface area contributed by atoms with Crippen molar-refractivity contribution in [1.82, 2.24) is 0 Å². The van der Waals surface area contributed by atoms with Crippen LogP contribution in [0.1, 0.15) is 19.8 Å². The van der Waals surface area contributed by atoms with E-state index < -0.39 is 6.04 Å². The summed E-state index contributed by atoms with van der Waals surface area (Å²) in [5.74, 6) is 0.380. The van der Waals surface area contributed by atoms with E-state index in [1.54, 1.807) is 30.8 Å². The fourth-order valence-corrected chi connectivity index (χ4v) is 2.16. The van der Waals surface area contributed by atoms with Crippen LogP contribution in [0.5, 0.6) is 0 Å². The van der Waals surface area contributed by atoms with Gasteiger partial charge in [0.05, 0.1) is 6.61 Å². The lowest BCUT2D eigenvalue weighted by Crippen LogP contribution is -2.31. The van der Waals surface area contributed by atoms with Gasteiger partial charge in [0, 0.05) is 5.69 Å². The maximum atomic E-state index is 13.1. The van der Waals surface area contributed by atoms with Gasteiger partial charge in [-0.2, -0.15) is 11.8 Å². The zero-order chi connectivity index (χ0) is 14.1. The van der Waals surface area contributed by atoms with Gasteiger partial charge in [0.1, 0.15) is 11.9 Å². The number of halogens is 1. The number of nitrogens with one attached hydrogen (secondary N) is 1. The summed E-state index contributed by atoms with van der Waals surface area (Å²) < 4.78 is 18.1. The highest BCUT2D eigenvalue weighted by molar-refractivity contribution is 7.98. The van der Waals surface area contributed by atoms with Gasteiger partial charge in [-0.05, 0) is 50.0 Å². The molecule has 0 saturated carbocycles. The van der Waals surface area contributed by atoms with Crippen LogP contribution in [0, 0.1) is 5.82 Å². The molecule has 0 radical (unpaired) electrons. The average molecular weight is 285 g/mol. The zero-order valence-electron chi connectivity index (χ0n) is 11.3. The second kappa shape index (κ2) is 8.80. The zero-order valence-corrected chi connectivity index (χ0v) is 12.1. The Kier molecular flexibility index (Phi) is 7.33. The van der Waals surface area contributed by atoms with E-state index >= 15 is 0 Å². The quantitative estimate of drug-likeness (QED) is 0.587. The van der Waals surface area contributed by atoms with Gasteiger partial charge >= 0.3 is 5.97 Å². The molecule has 0 aliphatic rings. The molecule has 0 amide bonds. The van der Waals surface area contributed by atoms with Gasteiger partial charge in [0.15, 0.2) is 0 Å². The summed E-state index contributed by atoms with van der Waals surface area (Å²) in [4.78, 5) is 11.8. The fourth-order valence-electron chi connectivity index (χ4n) is 1.70. The lowest BCUT2D eigenvalue weighted by atomic mass is 10.1. The van der Waals surface area contributed by atoms with Crippen molar-refractivity contribution in [3.8, 4) is 0 Å². The summed E-state index contributed by atoms with van der Waals surface area (Å²) >= 11 is 1.74. The maximum absolute atomic E-state index is 13.1. The van der Waals surface area contributed by atoms with E-state index in [-0.39, 0.29) is 11.8 Å². The van der Waals surface area contributed by atoms with E-state index in [0.717, 1.165) is 12.2 Å². The van der Waals surface area contributed by atoms with E-state index in [0.29, 0.717) is 18.7 Å². The Bertz CT molecular complexity index is 401. The molecule has 0 saturated heterocycles. The predicted octanol–water partition coefficient (Wildman–Crippen LogP) is 3.31. The highest BCUT2D eigenvalue weighted by Crippen LogP contribution is 2.14. The molecule has 19 heavy (non-hydrogen) atoms. The minimum Gasteiger partial charge on any atom is -0.464 e. The molecule has 1 rings (SSSR count). The van der Waals surface area contributed by atoms with Gasteiger partial charge in [-0.25, -0.2) is 9.18 Å². The number of carbonyl (C=O) groups is 1. The molecule has 0 spiro atoms. The molecule has 0 heterocycles. The monoisotopic (exact) mass is 285 g/mol. The average Bonchev–Trinajstić information content (AvgIpc) is 2.38. The van der Waals surface area contributed by atoms with Crippen LogP contribution >= 0.6 is 11.8 Å². The third-order valence-corrected chi connectivity index (χ3v) is 3.27. The predicted molar refractivity (Wildman–Crippen MR) is 78.1 cm³/mol. The molecule has 1 unspecified atom stereocenters. The Balaban J connectivity index is 2.64. The second-order valence-electron chi connectivity index (χ2n) is 4.09. The number of hydrogen-bond donors (Lipinski definition) is 1. The number of benzene rings is 1. The van der Waals surface area contributed by atoms with Crippen LogP contribution in [0.4, 0.5) is 10.1 Å². The number of rotatable bonds is 8. The largest absolute Gasteiger partial charge is 0.464 e. The van der Waals surface area contributed by atoms with Gasteiger partial charge < -0.3 is 10.1 Å². The number of anilines is 1. The van der Waals surface area contributed by atoms with Crippen molar-refractivity contribution < 1.29 is 13.9 Å². The number of carbonyl (C=O) groups excluding carboxylic acids is 1. The lowest BCUT2D eigenvalue weighted by molar-refractivity contribution is -0.144. The second-order valence-corrected chi connectivity index (χ2v) is 5.08. The van der Waals surface area contributed by atoms with Crippen molar-refractivity contribution in [2.75, 3.05) is 23.9 Å². The summed E-state index contributed by atoms with van der Waals surface area (Å²) in [6, 6.07) is 5.68. The number of ether oxygens (including phenoxy) is 1. The Morgan fingerprint density at radius 1 is 1.53 bits per heavy atom. The molecule has 0 aromatic heterocycles. The molecule has 0 aliphatic heterocycles. The molecule has 0 fully saturated rings. The standard InChI is InChI=1S/C14H20FNO2S/c1-3-18-14(17)13(8-5-9-19-2)16-12-7-4-6-11(15)10-12/h4,6-7,10,13,16H,3,5,8-9H2,1-2H3. The van der Waals surface area contributed by atoms with Gasteiger partial charge in [0.2, 0.25) is 0 Å². The normalized spacial score (nSPS) is 11.9. The third-order valence-electron chi connectivity index (χ3n) is 2.58. The van der Waals surface area contributed by atoms with Crippen LogP contribution in [0.2, 0.25) is 0 Å². The summed E-state index contributed by atoms with van der Waals surface area (Å²) in [6.45, 7) is 2.13. The maximum Gasteiger partial charge on any atom is 0.328 e. The van der Waals surface area contributed by atoms with Crippen molar-refractivity contribution >= 4 is 23.4 Å². The Labute approximate surface area is 117 Å². The van der Waals surface area contributed by atoms with Crippen molar-refractivity contribution in [2.45, 2.75) is 25.8 Å². The lowest BCUT2D eigenvalue weighted by Gasteiger charge is -2.18. The summed E-state index contributed by atoms with van der Waals surface area (Å²) in [6.07, 6.45) is 3.61. The van der Waals surface area contributed by atoms with Crippen molar-refractivity contribution in [3.05, 3.63) is 30.1 Å². The first-order valence-electron chi connectivity index (χ1n) is 6.35. The third kappa shape index (κ3) is 5.96. The van der Waals surface area contributed by atoms with Crippen LogP contribution in [0.3, 0.4) is 0 Å². The van der Waals surface area contributed by atoms with Crippen molar-refractivity contribution in [3.63, 3.8) is 0 Å². The first-order chi connectivity index (χ1) is 9.17. The van der Waals surface area contributed by atoms with Crippen LogP contribution in [-0.2, 0) is 9.53 Å². The summed E-state index contributed by atoms with van der Waals surface area (Å²) in [5.41, 5.74) is 0.599. The van der Waals surface area contributed by atoms with E-state index in [9.17, 15) is 9.18 Å². The first-order valence-corrected chi connectivity index (χ1v) is 7.74. The van der Waals surface area contributed by atoms with Gasteiger partial charge in [0.25, 0.3) is 0 Å². The van der Waals surface area contributed by atoms with Crippen LogP contribution in [-0.4, -0.2) is 30.6 Å². The van der Waals surface area contributed by atoms with Crippen molar-refractivity contribution in [1.29, 1.82) is 0 Å². The van der Waals surface area contributed by atoms with Gasteiger partial charge in [-0.15, -0.1) is 0 Å². The topological polar surface area (TPSA) is 38.3 Å². The minimum absolute atomic E-state index is 0.284. The van der Waals surface area contributed by atoms with E-state index in [1.807, 2.05) is 6.26 Å². The molecule has 5 heteroatoms. The highest BCUT2D eigenvalue weighted by atomic mass is 32.2. The van der Waals surface area contributed by atoms with Crippen molar-refractivity contribution in [2.24, 2.45) is 0 Å². The van der Waals surface area contributed by atoms with Gasteiger partial charge in [-0.1, -0.05) is 6.07 Å².